The number of nitrogens with one attached hydrogen (secondary N) is 4. The number of methoxy groups -OCH3 is 2. The zero-order valence-corrected chi connectivity index (χ0v) is 44.4. The maximum absolute atomic E-state index is 13.0. The number of aliphatic carboxylic acids is 2. The molecular weight excluding hydrogens is 997 g/mol. The first-order valence-corrected chi connectivity index (χ1v) is 26.0. The fraction of sp³-hybridized carbons (Fsp3) is 0.520. The highest BCUT2D eigenvalue weighted by atomic mass is 32.1. The van der Waals surface area contributed by atoms with E-state index in [4.69, 9.17) is 48.2 Å². The molecule has 6 heterocycles. The summed E-state index contributed by atoms with van der Waals surface area (Å²) in [4.78, 5) is 60.3. The average molecular weight is 1070 g/mol. The van der Waals surface area contributed by atoms with E-state index in [1.54, 1.807) is 50.7 Å². The van der Waals surface area contributed by atoms with Crippen LogP contribution in [0.5, 0.6) is 0 Å². The number of carbonyl (C=O) groups excluding carboxylic acids is 2. The van der Waals surface area contributed by atoms with Gasteiger partial charge < -0.3 is 59.1 Å². The zero-order chi connectivity index (χ0) is 53.2. The quantitative estimate of drug-likeness (QED) is 0.0683. The van der Waals surface area contributed by atoms with Gasteiger partial charge in [-0.15, -0.1) is 32.9 Å². The number of aromatic nitrogens is 2. The standard InChI is InChI=1S/2C24H33N5O4S.C2H2O4/c2*1-18-21(34-17-25-18)9-12-29-13-10-23(11-14-29,24(31-3)28-27-19(2)33-24)26-22(30)16-32-15-20-7-5-4-6-8-20;3-1(4)2(5)6/h2*4-8,17,28H,9-16H2,1-3H3,(H,26,30);(H,3,4)(H,5,6). The van der Waals surface area contributed by atoms with E-state index in [1.165, 1.54) is 9.75 Å². The Morgan fingerprint density at radius 1 is 0.622 bits per heavy atom. The van der Waals surface area contributed by atoms with Crippen LogP contribution < -0.4 is 21.5 Å². The van der Waals surface area contributed by atoms with E-state index in [9.17, 15) is 9.59 Å². The number of hydrogen-bond acceptors (Lipinski definition) is 20. The molecule has 6 N–H and O–H groups in total. The SMILES string of the molecule is COC1(C2(NC(=O)COCc3ccccc3)CCN(CCc3scnc3C)CC2)NN=C(C)O1.COC1(C2(NC(=O)COCc3ccccc3)CCN(CCc3scnc3C)CC2)NN=C(C)O1.O=C(O)C(=O)O. The van der Waals surface area contributed by atoms with Crippen LogP contribution in [0.4, 0.5) is 0 Å². The number of carboxylic acids is 2. The summed E-state index contributed by atoms with van der Waals surface area (Å²) in [7, 11) is 3.14. The second-order valence-electron chi connectivity index (χ2n) is 18.1. The Labute approximate surface area is 438 Å². The number of amides is 2. The molecule has 0 saturated carbocycles. The van der Waals surface area contributed by atoms with Crippen LogP contribution in [-0.2, 0) is 73.7 Å². The van der Waals surface area contributed by atoms with Crippen molar-refractivity contribution in [2.45, 2.75) is 102 Å². The largest absolute Gasteiger partial charge is 0.473 e. The minimum atomic E-state index is -1.82. The van der Waals surface area contributed by atoms with Crippen molar-refractivity contribution in [1.82, 2.24) is 41.3 Å². The van der Waals surface area contributed by atoms with Crippen molar-refractivity contribution in [2.75, 3.05) is 66.7 Å². The van der Waals surface area contributed by atoms with Gasteiger partial charge in [0.25, 0.3) is 0 Å². The summed E-state index contributed by atoms with van der Waals surface area (Å²) in [6.45, 7) is 13.3. The average Bonchev–Trinajstić information content (AvgIpc) is 4.22. The Morgan fingerprint density at radius 2 is 0.986 bits per heavy atom. The summed E-state index contributed by atoms with van der Waals surface area (Å²) >= 11 is 3.40. The number of carbonyl (C=O) groups is 4. The number of thiazole rings is 2. The summed E-state index contributed by atoms with van der Waals surface area (Å²) in [5.74, 6) is -5.64. The highest BCUT2D eigenvalue weighted by Crippen LogP contribution is 2.39. The van der Waals surface area contributed by atoms with Crippen molar-refractivity contribution in [3.63, 3.8) is 0 Å². The van der Waals surface area contributed by atoms with Crippen LogP contribution in [0.3, 0.4) is 0 Å². The van der Waals surface area contributed by atoms with Gasteiger partial charge in [0.15, 0.2) is 0 Å². The molecule has 0 bridgehead atoms. The molecule has 2 saturated heterocycles. The van der Waals surface area contributed by atoms with Gasteiger partial charge in [-0.25, -0.2) is 30.4 Å². The lowest BCUT2D eigenvalue weighted by atomic mass is 9.83. The first kappa shape index (κ1) is 57.2. The molecule has 2 aromatic heterocycles. The molecule has 2 unspecified atom stereocenters. The van der Waals surface area contributed by atoms with Crippen molar-refractivity contribution in [3.05, 3.63) is 104 Å². The molecule has 4 aliphatic rings. The Morgan fingerprint density at radius 3 is 1.27 bits per heavy atom. The first-order chi connectivity index (χ1) is 35.5. The van der Waals surface area contributed by atoms with Crippen LogP contribution >= 0.6 is 22.7 Å². The van der Waals surface area contributed by atoms with Gasteiger partial charge in [0.2, 0.25) is 23.6 Å². The lowest BCUT2D eigenvalue weighted by Crippen LogP contribution is -2.73. The predicted molar refractivity (Wildman–Crippen MR) is 276 cm³/mol. The number of rotatable bonds is 20. The Bertz CT molecular complexity index is 2340. The smallest absolute Gasteiger partial charge is 0.414 e. The van der Waals surface area contributed by atoms with Gasteiger partial charge in [-0.2, -0.15) is 0 Å². The molecule has 22 nitrogen and oxygen atoms in total. The number of hydrogen-bond donors (Lipinski definition) is 6. The number of ether oxygens (including phenoxy) is 6. The normalized spacial score (nSPS) is 20.8. The number of benzene rings is 2. The van der Waals surface area contributed by atoms with E-state index in [-0.39, 0.29) is 25.0 Å². The van der Waals surface area contributed by atoms with Crippen molar-refractivity contribution < 1.29 is 57.8 Å². The van der Waals surface area contributed by atoms with E-state index in [1.807, 2.05) is 71.7 Å². The summed E-state index contributed by atoms with van der Waals surface area (Å²) in [6, 6.07) is 19.6. The second-order valence-corrected chi connectivity index (χ2v) is 19.9. The van der Waals surface area contributed by atoms with Crippen molar-refractivity contribution in [3.8, 4) is 0 Å². The maximum atomic E-state index is 13.0. The number of likely N-dealkylation sites (tertiary alicyclic amines) is 2. The predicted octanol–water partition coefficient (Wildman–Crippen LogP) is 3.99. The molecule has 402 valence electrons. The lowest BCUT2D eigenvalue weighted by molar-refractivity contribution is -0.244. The summed E-state index contributed by atoms with van der Waals surface area (Å²) < 4.78 is 35.0. The van der Waals surface area contributed by atoms with Gasteiger partial charge in [-0.1, -0.05) is 60.7 Å². The third-order valence-electron chi connectivity index (χ3n) is 13.2. The molecular formula is C50H68N10O12S2. The zero-order valence-electron chi connectivity index (χ0n) is 42.7. The van der Waals surface area contributed by atoms with Gasteiger partial charge >= 0.3 is 23.8 Å². The minimum Gasteiger partial charge on any atom is -0.473 e. The molecule has 4 aromatic rings. The number of carboxylic acid groups (broad SMARTS) is 2. The number of hydrazone groups is 2. The van der Waals surface area contributed by atoms with Gasteiger partial charge in [-0.3, -0.25) is 9.59 Å². The Kier molecular flexibility index (Phi) is 20.8. The molecule has 24 heteroatoms. The van der Waals surface area contributed by atoms with Crippen LogP contribution in [0.25, 0.3) is 0 Å². The van der Waals surface area contributed by atoms with E-state index in [0.29, 0.717) is 50.7 Å². The maximum Gasteiger partial charge on any atom is 0.414 e. The van der Waals surface area contributed by atoms with Gasteiger partial charge in [0, 0.05) is 77.1 Å². The fourth-order valence-electron chi connectivity index (χ4n) is 9.11. The highest BCUT2D eigenvalue weighted by molar-refractivity contribution is 7.10. The molecule has 0 radical (unpaired) electrons. The van der Waals surface area contributed by atoms with Gasteiger partial charge in [0.05, 0.1) is 35.6 Å². The first-order valence-electron chi connectivity index (χ1n) is 24.2. The molecule has 74 heavy (non-hydrogen) atoms. The number of aryl methyl sites for hydroxylation is 2. The van der Waals surface area contributed by atoms with Crippen LogP contribution in [-0.4, -0.2) is 155 Å². The van der Waals surface area contributed by atoms with E-state index >= 15 is 0 Å². The number of nitrogens with zero attached hydrogens (tertiary/aromatic N) is 6. The third kappa shape index (κ3) is 15.0. The van der Waals surface area contributed by atoms with Crippen molar-refractivity contribution in [1.29, 1.82) is 0 Å². The molecule has 0 spiro atoms. The van der Waals surface area contributed by atoms with Crippen LogP contribution in [0.2, 0.25) is 0 Å². The molecule has 2 amide bonds. The summed E-state index contributed by atoms with van der Waals surface area (Å²) in [5.41, 5.74) is 12.5. The fourth-order valence-corrected chi connectivity index (χ4v) is 10.6. The van der Waals surface area contributed by atoms with Crippen molar-refractivity contribution >= 4 is 58.2 Å². The summed E-state index contributed by atoms with van der Waals surface area (Å²) in [6.07, 6.45) is 4.50. The summed E-state index contributed by atoms with van der Waals surface area (Å²) in [5, 5.41) is 29.6. The van der Waals surface area contributed by atoms with E-state index < -0.39 is 34.8 Å². The van der Waals surface area contributed by atoms with Crippen LogP contribution in [0, 0.1) is 13.8 Å². The molecule has 4 aliphatic heterocycles. The van der Waals surface area contributed by atoms with E-state index in [2.05, 4.69) is 65.3 Å². The monoisotopic (exact) mass is 1060 g/mol. The Balaban J connectivity index is 0.000000217. The molecule has 2 aromatic carbocycles. The molecule has 2 fully saturated rings. The molecule has 8 rings (SSSR count). The number of piperidine rings is 2. The second kappa shape index (κ2) is 26.9. The van der Waals surface area contributed by atoms with Gasteiger partial charge in [-0.05, 0) is 63.5 Å². The minimum absolute atomic E-state index is 0.0509. The topological polar surface area (TPSA) is 269 Å². The van der Waals surface area contributed by atoms with E-state index in [0.717, 1.165) is 74.6 Å². The Hall–Kier alpha value is -6.12. The molecule has 0 aliphatic carbocycles. The molecule has 2 atom stereocenters. The highest BCUT2D eigenvalue weighted by Gasteiger charge is 2.60. The third-order valence-corrected chi connectivity index (χ3v) is 15.2. The lowest BCUT2D eigenvalue weighted by Gasteiger charge is -2.49. The van der Waals surface area contributed by atoms with Crippen LogP contribution in [0.15, 0.2) is 81.9 Å². The van der Waals surface area contributed by atoms with Crippen molar-refractivity contribution in [2.24, 2.45) is 10.2 Å². The van der Waals surface area contributed by atoms with Gasteiger partial charge in [0.1, 0.15) is 24.3 Å². The van der Waals surface area contributed by atoms with Crippen LogP contribution in [0.1, 0.15) is 71.8 Å².